The van der Waals surface area contributed by atoms with Crippen molar-refractivity contribution in [2.75, 3.05) is 5.32 Å². The molecular formula is C19H16F2KN3O5. The third-order valence-corrected chi connectivity index (χ3v) is 4.16. The van der Waals surface area contributed by atoms with E-state index in [4.69, 9.17) is 4.52 Å². The van der Waals surface area contributed by atoms with Gasteiger partial charge >= 0.3 is 57.3 Å². The molecule has 0 spiro atoms. The maximum Gasteiger partial charge on any atom is 1.00 e. The van der Waals surface area contributed by atoms with Crippen molar-refractivity contribution >= 4 is 17.6 Å². The van der Waals surface area contributed by atoms with Gasteiger partial charge in [-0.1, -0.05) is 5.16 Å². The minimum absolute atomic E-state index is 0. The largest absolute Gasteiger partial charge is 1.00 e. The van der Waals surface area contributed by atoms with E-state index in [1.54, 1.807) is 6.92 Å². The number of amides is 1. The minimum Gasteiger partial charge on any atom is -0.545 e. The number of alkyl halides is 2. The topological polar surface area (TPSA) is 120 Å². The van der Waals surface area contributed by atoms with Crippen molar-refractivity contribution in [2.45, 2.75) is 25.8 Å². The molecule has 0 aliphatic heterocycles. The maximum atomic E-state index is 14.4. The Morgan fingerprint density at radius 2 is 1.93 bits per heavy atom. The second kappa shape index (κ2) is 9.84. The second-order valence-corrected chi connectivity index (χ2v) is 6.27. The van der Waals surface area contributed by atoms with Crippen molar-refractivity contribution in [2.24, 2.45) is 0 Å². The number of carboxylic acids is 1. The van der Waals surface area contributed by atoms with Gasteiger partial charge in [-0.2, -0.15) is 8.78 Å². The minimum atomic E-state index is -3.87. The van der Waals surface area contributed by atoms with Gasteiger partial charge < -0.3 is 29.4 Å². The number of hydrogen-bond donors (Lipinski definition) is 2. The van der Waals surface area contributed by atoms with Gasteiger partial charge in [0.2, 0.25) is 0 Å². The molecule has 0 bridgehead atoms. The molecule has 0 fully saturated rings. The van der Waals surface area contributed by atoms with E-state index in [0.717, 1.165) is 0 Å². The molecule has 2 N–H and O–H groups in total. The van der Waals surface area contributed by atoms with E-state index in [9.17, 15) is 28.6 Å². The Morgan fingerprint density at radius 1 is 1.27 bits per heavy atom. The maximum absolute atomic E-state index is 14.4. The number of carbonyl (C=O) groups is 2. The molecule has 2 heterocycles. The van der Waals surface area contributed by atoms with Crippen LogP contribution in [0.3, 0.4) is 0 Å². The Labute approximate surface area is 212 Å². The van der Waals surface area contributed by atoms with Crippen LogP contribution >= 0.6 is 0 Å². The zero-order chi connectivity index (χ0) is 21.2. The number of carbonyl (C=O) groups excluding carboxylic acids is 2. The van der Waals surface area contributed by atoms with Crippen LogP contribution in [-0.2, 0) is 17.8 Å². The van der Waals surface area contributed by atoms with Crippen LogP contribution < -0.4 is 61.8 Å². The van der Waals surface area contributed by atoms with Crippen LogP contribution in [0.2, 0.25) is 0 Å². The van der Waals surface area contributed by atoms with Gasteiger partial charge in [0.25, 0.3) is 5.91 Å². The number of phenolic OH excluding ortho intramolecular Hbond substituents is 1. The number of aromatic hydroxyl groups is 1. The average Bonchev–Trinajstić information content (AvgIpc) is 3.29. The van der Waals surface area contributed by atoms with Gasteiger partial charge in [0.15, 0.2) is 5.76 Å². The molecular weight excluding hydrogens is 427 g/mol. The number of phenols is 1. The summed E-state index contributed by atoms with van der Waals surface area (Å²) in [6.07, 6.45) is 1.37. The molecule has 0 aliphatic carbocycles. The Bertz CT molecular complexity index is 1050. The fourth-order valence-electron chi connectivity index (χ4n) is 2.63. The Balaban J connectivity index is 0.00000320. The van der Waals surface area contributed by atoms with Crippen LogP contribution in [0, 0.1) is 0 Å². The number of anilines is 1. The molecule has 3 rings (SSSR count). The zero-order valence-corrected chi connectivity index (χ0v) is 19.3. The first-order valence-electron chi connectivity index (χ1n) is 8.55. The third kappa shape index (κ3) is 5.55. The molecule has 2 aromatic heterocycles. The summed E-state index contributed by atoms with van der Waals surface area (Å²) in [6, 6.07) is 7.09. The SMILES string of the molecule is CCn1cc(NC(=O)C(F)(F)Cc2cc(-c3ccc(O)cc3)on2)c(C(=O)[O-])c1.[K+]. The summed E-state index contributed by atoms with van der Waals surface area (Å²) in [6.45, 7) is 2.10. The van der Waals surface area contributed by atoms with Crippen LogP contribution in [0.25, 0.3) is 11.3 Å². The third-order valence-electron chi connectivity index (χ3n) is 4.16. The Kier molecular flexibility index (Phi) is 7.94. The normalized spacial score (nSPS) is 11.0. The number of aryl methyl sites for hydroxylation is 1. The number of nitrogens with zero attached hydrogens (tertiary/aromatic N) is 2. The van der Waals surface area contributed by atoms with Gasteiger partial charge in [-0.05, 0) is 31.2 Å². The first-order chi connectivity index (χ1) is 13.7. The van der Waals surface area contributed by atoms with Gasteiger partial charge in [-0.25, -0.2) is 0 Å². The molecule has 0 aliphatic rings. The predicted molar refractivity (Wildman–Crippen MR) is 95.3 cm³/mol. The molecule has 152 valence electrons. The van der Waals surface area contributed by atoms with Crippen LogP contribution in [0.1, 0.15) is 23.0 Å². The van der Waals surface area contributed by atoms with Gasteiger partial charge in [0.05, 0.1) is 23.8 Å². The van der Waals surface area contributed by atoms with E-state index in [1.165, 1.54) is 47.3 Å². The molecule has 0 radical (unpaired) electrons. The summed E-state index contributed by atoms with van der Waals surface area (Å²) in [4.78, 5) is 23.2. The molecule has 1 amide bonds. The first-order valence-corrected chi connectivity index (χ1v) is 8.55. The van der Waals surface area contributed by atoms with E-state index in [0.29, 0.717) is 12.1 Å². The first kappa shape index (κ1) is 24.2. The van der Waals surface area contributed by atoms with Crippen LogP contribution in [0.5, 0.6) is 5.75 Å². The summed E-state index contributed by atoms with van der Waals surface area (Å²) >= 11 is 0. The fourth-order valence-corrected chi connectivity index (χ4v) is 2.63. The van der Waals surface area contributed by atoms with Crippen LogP contribution in [0.15, 0.2) is 47.2 Å². The van der Waals surface area contributed by atoms with Crippen molar-refractivity contribution in [1.82, 2.24) is 9.72 Å². The van der Waals surface area contributed by atoms with Crippen molar-refractivity contribution in [1.29, 1.82) is 0 Å². The molecule has 30 heavy (non-hydrogen) atoms. The number of nitrogens with one attached hydrogen (secondary N) is 1. The van der Waals surface area contributed by atoms with E-state index in [-0.39, 0.29) is 74.3 Å². The van der Waals surface area contributed by atoms with Crippen molar-refractivity contribution in [3.63, 3.8) is 0 Å². The summed E-state index contributed by atoms with van der Waals surface area (Å²) in [5.74, 6) is -6.92. The Hall–Kier alpha value is -2.05. The number of rotatable bonds is 7. The molecule has 0 saturated heterocycles. The number of aromatic carboxylic acids is 1. The standard InChI is InChI=1S/C19H17F2N3O5.K/c1-2-24-9-14(17(26)27)15(10-24)22-18(28)19(20,21)8-12-7-16(29-23-12)11-3-5-13(25)6-4-11;/h3-7,9-10,25H,2,8H2,1H3,(H,22,28)(H,26,27);/q;+1/p-1. The summed E-state index contributed by atoms with van der Waals surface area (Å²) in [5.41, 5.74) is -0.332. The number of hydrogen-bond acceptors (Lipinski definition) is 6. The summed E-state index contributed by atoms with van der Waals surface area (Å²) < 4.78 is 35.2. The van der Waals surface area contributed by atoms with Crippen molar-refractivity contribution in [3.8, 4) is 17.1 Å². The Morgan fingerprint density at radius 3 is 2.53 bits per heavy atom. The van der Waals surface area contributed by atoms with E-state index < -0.39 is 29.8 Å². The summed E-state index contributed by atoms with van der Waals surface area (Å²) in [7, 11) is 0. The molecule has 1 aromatic carbocycles. The monoisotopic (exact) mass is 443 g/mol. The van der Waals surface area contributed by atoms with Gasteiger partial charge in [-0.15, -0.1) is 0 Å². The van der Waals surface area contributed by atoms with E-state index in [2.05, 4.69) is 5.16 Å². The van der Waals surface area contributed by atoms with Crippen molar-refractivity contribution < 1.29 is 84.5 Å². The predicted octanol–water partition coefficient (Wildman–Crippen LogP) is -0.947. The quantitative estimate of drug-likeness (QED) is 0.455. The number of aromatic nitrogens is 2. The molecule has 3 aromatic rings. The van der Waals surface area contributed by atoms with Gasteiger partial charge in [-0.3, -0.25) is 4.79 Å². The molecule has 0 unspecified atom stereocenters. The number of carboxylic acid groups (broad SMARTS) is 1. The van der Waals surface area contributed by atoms with Gasteiger partial charge in [0, 0.05) is 36.1 Å². The smallest absolute Gasteiger partial charge is 0.545 e. The number of benzene rings is 1. The molecule has 0 atom stereocenters. The average molecular weight is 443 g/mol. The zero-order valence-electron chi connectivity index (χ0n) is 16.2. The van der Waals surface area contributed by atoms with E-state index >= 15 is 0 Å². The molecule has 0 saturated carbocycles. The van der Waals surface area contributed by atoms with Crippen LogP contribution in [0.4, 0.5) is 14.5 Å². The van der Waals surface area contributed by atoms with Crippen LogP contribution in [-0.4, -0.2) is 32.6 Å². The summed E-state index contributed by atoms with van der Waals surface area (Å²) in [5, 5.41) is 25.9. The van der Waals surface area contributed by atoms with Crippen molar-refractivity contribution in [3.05, 3.63) is 54.0 Å². The fraction of sp³-hybridized carbons (Fsp3) is 0.211. The second-order valence-electron chi connectivity index (χ2n) is 6.27. The number of halogens is 2. The van der Waals surface area contributed by atoms with E-state index in [1.807, 2.05) is 5.32 Å². The molecule has 11 heteroatoms. The van der Waals surface area contributed by atoms with Gasteiger partial charge in [0.1, 0.15) is 5.75 Å². The molecule has 8 nitrogen and oxygen atoms in total.